The fraction of sp³-hybridized carbons (Fsp3) is 0.214. The molecule has 0 N–H and O–H groups in total. The quantitative estimate of drug-likeness (QED) is 0.451. The topological polar surface area (TPSA) is 59.1 Å². The van der Waals surface area contributed by atoms with Gasteiger partial charge in [0.1, 0.15) is 17.2 Å². The molecule has 6 nitrogen and oxygen atoms in total. The van der Waals surface area contributed by atoms with Crippen LogP contribution in [0.3, 0.4) is 0 Å². The molecule has 174 valence electrons. The molecular formula is C28H28N2O4. The number of carbonyl (C=O) groups is 2. The van der Waals surface area contributed by atoms with Gasteiger partial charge in [-0.25, -0.2) is 0 Å². The number of rotatable bonds is 8. The predicted octanol–water partition coefficient (Wildman–Crippen LogP) is 4.90. The molecule has 0 radical (unpaired) electrons. The van der Waals surface area contributed by atoms with Crippen LogP contribution in [0.1, 0.15) is 25.0 Å². The molecule has 0 fully saturated rings. The molecule has 0 atom stereocenters. The van der Waals surface area contributed by atoms with Crippen molar-refractivity contribution in [1.82, 2.24) is 4.90 Å². The number of methoxy groups -OCH3 is 1. The summed E-state index contributed by atoms with van der Waals surface area (Å²) in [6, 6.07) is 24.2. The first-order valence-electron chi connectivity index (χ1n) is 11.2. The Balaban J connectivity index is 1.73. The molecule has 34 heavy (non-hydrogen) atoms. The number of benzene rings is 3. The molecule has 1 heterocycles. The Morgan fingerprint density at radius 1 is 0.824 bits per heavy atom. The van der Waals surface area contributed by atoms with Crippen LogP contribution in [0.25, 0.3) is 5.57 Å². The van der Waals surface area contributed by atoms with E-state index in [1.54, 1.807) is 12.0 Å². The number of nitrogens with zero attached hydrogens (tertiary/aromatic N) is 2. The number of anilines is 1. The third-order valence-corrected chi connectivity index (χ3v) is 5.64. The number of para-hydroxylation sites is 1. The van der Waals surface area contributed by atoms with E-state index in [0.29, 0.717) is 22.6 Å². The van der Waals surface area contributed by atoms with Crippen molar-refractivity contribution in [2.45, 2.75) is 26.5 Å². The van der Waals surface area contributed by atoms with Crippen LogP contribution in [-0.2, 0) is 16.1 Å². The molecule has 0 saturated heterocycles. The van der Waals surface area contributed by atoms with Crippen LogP contribution in [0.4, 0.5) is 5.69 Å². The summed E-state index contributed by atoms with van der Waals surface area (Å²) in [4.78, 5) is 30.3. The van der Waals surface area contributed by atoms with Crippen molar-refractivity contribution in [2.75, 3.05) is 19.1 Å². The normalized spacial score (nSPS) is 13.6. The van der Waals surface area contributed by atoms with Gasteiger partial charge in [-0.3, -0.25) is 14.5 Å². The molecule has 4 rings (SSSR count). The maximum atomic E-state index is 13.6. The van der Waals surface area contributed by atoms with Crippen molar-refractivity contribution in [3.63, 3.8) is 0 Å². The van der Waals surface area contributed by atoms with Crippen molar-refractivity contribution < 1.29 is 19.1 Å². The highest BCUT2D eigenvalue weighted by atomic mass is 16.5. The van der Waals surface area contributed by atoms with Crippen molar-refractivity contribution >= 4 is 23.1 Å². The average Bonchev–Trinajstić information content (AvgIpc) is 3.09. The lowest BCUT2D eigenvalue weighted by Crippen LogP contribution is -2.33. The number of likely N-dealkylation sites (N-methyl/N-ethyl adjacent to an activating group) is 1. The first-order valence-corrected chi connectivity index (χ1v) is 11.2. The van der Waals surface area contributed by atoms with Gasteiger partial charge in [-0.15, -0.1) is 0 Å². The number of amides is 2. The third kappa shape index (κ3) is 4.66. The molecule has 0 bridgehead atoms. The van der Waals surface area contributed by atoms with Gasteiger partial charge in [-0.2, -0.15) is 0 Å². The Labute approximate surface area is 200 Å². The average molecular weight is 457 g/mol. The Hall–Kier alpha value is -4.06. The number of carbonyl (C=O) groups excluding carboxylic acids is 2. The zero-order valence-electron chi connectivity index (χ0n) is 19.8. The summed E-state index contributed by atoms with van der Waals surface area (Å²) in [5.41, 5.74) is 3.06. The minimum absolute atomic E-state index is 0.0412. The first-order chi connectivity index (χ1) is 16.4. The van der Waals surface area contributed by atoms with Crippen LogP contribution in [0.2, 0.25) is 0 Å². The van der Waals surface area contributed by atoms with Gasteiger partial charge >= 0.3 is 0 Å². The Kier molecular flexibility index (Phi) is 6.68. The van der Waals surface area contributed by atoms with Gasteiger partial charge in [0, 0.05) is 12.7 Å². The van der Waals surface area contributed by atoms with Gasteiger partial charge in [0.15, 0.2) is 0 Å². The van der Waals surface area contributed by atoms with Crippen LogP contribution in [0, 0.1) is 0 Å². The maximum Gasteiger partial charge on any atom is 0.278 e. The number of hydrogen-bond donors (Lipinski definition) is 0. The largest absolute Gasteiger partial charge is 0.497 e. The molecule has 0 unspecified atom stereocenters. The molecule has 3 aromatic carbocycles. The van der Waals surface area contributed by atoms with Crippen LogP contribution >= 0.6 is 0 Å². The SMILES string of the molecule is COc1ccc(CN2C(=O)C(c3ccc(OC(C)C)cc3)=C(N(C)c3ccccc3)C2=O)cc1. The first kappa shape index (κ1) is 23.1. The van der Waals surface area contributed by atoms with E-state index in [1.165, 1.54) is 4.90 Å². The summed E-state index contributed by atoms with van der Waals surface area (Å²) in [6.45, 7) is 4.09. The summed E-state index contributed by atoms with van der Waals surface area (Å²) in [7, 11) is 3.41. The smallest absolute Gasteiger partial charge is 0.278 e. The molecule has 0 spiro atoms. The molecule has 0 aliphatic carbocycles. The molecule has 1 aliphatic heterocycles. The lowest BCUT2D eigenvalue weighted by Gasteiger charge is -2.21. The van der Waals surface area contributed by atoms with E-state index in [4.69, 9.17) is 9.47 Å². The second kappa shape index (κ2) is 9.83. The van der Waals surface area contributed by atoms with E-state index in [2.05, 4.69) is 0 Å². The minimum Gasteiger partial charge on any atom is -0.497 e. The molecule has 0 saturated carbocycles. The van der Waals surface area contributed by atoms with Crippen LogP contribution < -0.4 is 14.4 Å². The fourth-order valence-corrected chi connectivity index (χ4v) is 3.94. The lowest BCUT2D eigenvalue weighted by atomic mass is 10.0. The molecule has 1 aliphatic rings. The minimum atomic E-state index is -0.329. The van der Waals surface area contributed by atoms with Crippen LogP contribution in [0.15, 0.2) is 84.6 Å². The Bertz CT molecular complexity index is 1200. The molecule has 3 aromatic rings. The van der Waals surface area contributed by atoms with Gasteiger partial charge in [-0.05, 0) is 61.4 Å². The standard InChI is InChI=1S/C28H28N2O4/c1-19(2)34-24-16-12-21(13-17-24)25-26(29(3)22-8-6-5-7-9-22)28(32)30(27(25)31)18-20-10-14-23(33-4)15-11-20/h5-17,19H,18H2,1-4H3. The highest BCUT2D eigenvalue weighted by Gasteiger charge is 2.41. The van der Waals surface area contributed by atoms with Gasteiger partial charge < -0.3 is 14.4 Å². The molecule has 2 amide bonds. The van der Waals surface area contributed by atoms with Gasteiger partial charge in [0.2, 0.25) is 0 Å². The second-order valence-corrected chi connectivity index (χ2v) is 8.35. The lowest BCUT2D eigenvalue weighted by molar-refractivity contribution is -0.137. The van der Waals surface area contributed by atoms with Crippen LogP contribution in [-0.4, -0.2) is 37.0 Å². The van der Waals surface area contributed by atoms with Crippen molar-refractivity contribution in [2.24, 2.45) is 0 Å². The summed E-state index contributed by atoms with van der Waals surface area (Å²) < 4.78 is 11.0. The highest BCUT2D eigenvalue weighted by Crippen LogP contribution is 2.35. The summed E-state index contributed by atoms with van der Waals surface area (Å²) >= 11 is 0. The van der Waals surface area contributed by atoms with Crippen molar-refractivity contribution in [3.05, 3.63) is 95.7 Å². The number of hydrogen-bond acceptors (Lipinski definition) is 5. The number of imide groups is 1. The van der Waals surface area contributed by atoms with E-state index in [1.807, 2.05) is 99.8 Å². The van der Waals surface area contributed by atoms with E-state index in [0.717, 1.165) is 17.0 Å². The van der Waals surface area contributed by atoms with Gasteiger partial charge in [0.05, 0.1) is 25.3 Å². The van der Waals surface area contributed by atoms with E-state index in [-0.39, 0.29) is 24.5 Å². The maximum absolute atomic E-state index is 13.6. The van der Waals surface area contributed by atoms with Crippen molar-refractivity contribution in [1.29, 1.82) is 0 Å². The van der Waals surface area contributed by atoms with Gasteiger partial charge in [0.25, 0.3) is 11.8 Å². The predicted molar refractivity (Wildman–Crippen MR) is 133 cm³/mol. The van der Waals surface area contributed by atoms with E-state index >= 15 is 0 Å². The number of ether oxygens (including phenoxy) is 2. The Morgan fingerprint density at radius 2 is 1.44 bits per heavy atom. The fourth-order valence-electron chi connectivity index (χ4n) is 3.94. The summed E-state index contributed by atoms with van der Waals surface area (Å²) in [5.74, 6) is 0.778. The highest BCUT2D eigenvalue weighted by molar-refractivity contribution is 6.36. The second-order valence-electron chi connectivity index (χ2n) is 8.35. The molecule has 6 heteroatoms. The van der Waals surface area contributed by atoms with E-state index in [9.17, 15) is 9.59 Å². The van der Waals surface area contributed by atoms with E-state index < -0.39 is 0 Å². The summed E-state index contributed by atoms with van der Waals surface area (Å²) in [6.07, 6.45) is 0.0412. The van der Waals surface area contributed by atoms with Crippen LogP contribution in [0.5, 0.6) is 11.5 Å². The zero-order valence-corrected chi connectivity index (χ0v) is 19.8. The zero-order chi connectivity index (χ0) is 24.2. The van der Waals surface area contributed by atoms with Crippen molar-refractivity contribution in [3.8, 4) is 11.5 Å². The Morgan fingerprint density at radius 3 is 2.03 bits per heavy atom. The monoisotopic (exact) mass is 456 g/mol. The third-order valence-electron chi connectivity index (χ3n) is 5.64. The molecule has 0 aromatic heterocycles. The van der Waals surface area contributed by atoms with Gasteiger partial charge in [-0.1, -0.05) is 42.5 Å². The summed E-state index contributed by atoms with van der Waals surface area (Å²) in [5, 5.41) is 0. The molecular weight excluding hydrogens is 428 g/mol.